The van der Waals surface area contributed by atoms with Gasteiger partial charge in [-0.3, -0.25) is 20.3 Å². The molecule has 1 aliphatic carbocycles. The molecular weight excluding hydrogens is 458 g/mol. The number of nitro groups is 1. The van der Waals surface area contributed by atoms with Crippen molar-refractivity contribution in [2.24, 2.45) is 11.3 Å². The number of hydrogen-bond donors (Lipinski definition) is 2. The first-order chi connectivity index (χ1) is 16.0. The van der Waals surface area contributed by atoms with Crippen molar-refractivity contribution in [1.29, 1.82) is 5.41 Å². The Labute approximate surface area is 199 Å². The van der Waals surface area contributed by atoms with Gasteiger partial charge in [0.1, 0.15) is 16.1 Å². The van der Waals surface area contributed by atoms with Crippen molar-refractivity contribution in [2.45, 2.75) is 40.0 Å². The number of non-ortho nitro benzene ring substituents is 1. The lowest BCUT2D eigenvalue weighted by atomic mass is 9.72. The normalized spacial score (nSPS) is 15.6. The molecule has 0 spiro atoms. The van der Waals surface area contributed by atoms with E-state index < -0.39 is 16.8 Å². The molecule has 0 saturated heterocycles. The summed E-state index contributed by atoms with van der Waals surface area (Å²) in [5, 5.41) is 22.7. The van der Waals surface area contributed by atoms with Gasteiger partial charge in [-0.05, 0) is 48.3 Å². The molecule has 0 saturated carbocycles. The van der Waals surface area contributed by atoms with E-state index in [2.05, 4.69) is 26.1 Å². The fourth-order valence-electron chi connectivity index (χ4n) is 4.31. The molecule has 9 nitrogen and oxygen atoms in total. The molecule has 178 valence electrons. The first kappa shape index (κ1) is 23.6. The average Bonchev–Trinajstić information content (AvgIpc) is 3.13. The number of hydrogen-bond acceptors (Lipinski definition) is 8. The van der Waals surface area contributed by atoms with Gasteiger partial charge in [0.2, 0.25) is 5.55 Å². The molecule has 2 N–H and O–H groups in total. The van der Waals surface area contributed by atoms with E-state index in [1.165, 1.54) is 42.7 Å². The number of nitro benzene ring substituents is 1. The van der Waals surface area contributed by atoms with Crippen molar-refractivity contribution < 1.29 is 23.7 Å². The van der Waals surface area contributed by atoms with Crippen LogP contribution >= 0.6 is 11.3 Å². The maximum atomic E-state index is 13.1. The number of methoxy groups -OCH3 is 1. The third-order valence-corrected chi connectivity index (χ3v) is 7.48. The van der Waals surface area contributed by atoms with E-state index >= 15 is 0 Å². The lowest BCUT2D eigenvalue weighted by Gasteiger charge is -2.33. The summed E-state index contributed by atoms with van der Waals surface area (Å²) in [6.45, 7) is 6.59. The molecule has 1 aliphatic rings. The summed E-state index contributed by atoms with van der Waals surface area (Å²) in [7, 11) is 1.30. The van der Waals surface area contributed by atoms with E-state index in [9.17, 15) is 19.7 Å². The molecule has 1 amide bonds. The predicted molar refractivity (Wildman–Crippen MR) is 127 cm³/mol. The first-order valence-electron chi connectivity index (χ1n) is 10.8. The van der Waals surface area contributed by atoms with Gasteiger partial charge in [-0.25, -0.2) is 4.79 Å². The zero-order chi connectivity index (χ0) is 24.8. The smallest absolute Gasteiger partial charge is 0.341 e. The number of amides is 1. The van der Waals surface area contributed by atoms with Crippen LogP contribution in [-0.4, -0.2) is 23.9 Å². The van der Waals surface area contributed by atoms with Crippen LogP contribution in [0.4, 0.5) is 10.7 Å². The molecule has 0 fully saturated rings. The van der Waals surface area contributed by atoms with E-state index in [1.54, 1.807) is 0 Å². The van der Waals surface area contributed by atoms with Crippen LogP contribution < -0.4 is 10.9 Å². The number of fused-ring (bicyclic) bond motifs is 2. The number of anilines is 1. The van der Waals surface area contributed by atoms with Crippen LogP contribution in [0.2, 0.25) is 0 Å². The van der Waals surface area contributed by atoms with Crippen molar-refractivity contribution in [3.63, 3.8) is 0 Å². The van der Waals surface area contributed by atoms with Gasteiger partial charge in [0.25, 0.3) is 11.6 Å². The molecule has 0 radical (unpaired) electrons. The maximum absolute atomic E-state index is 13.1. The minimum Gasteiger partial charge on any atom is -0.465 e. The van der Waals surface area contributed by atoms with Crippen LogP contribution in [0.1, 0.15) is 58.3 Å². The van der Waals surface area contributed by atoms with Gasteiger partial charge in [0.15, 0.2) is 0 Å². The number of benzene rings is 1. The van der Waals surface area contributed by atoms with Crippen molar-refractivity contribution in [3.05, 3.63) is 61.5 Å². The fourth-order valence-corrected chi connectivity index (χ4v) is 5.62. The number of esters is 1. The van der Waals surface area contributed by atoms with E-state index in [0.717, 1.165) is 23.3 Å². The summed E-state index contributed by atoms with van der Waals surface area (Å²) < 4.78 is 10.4. The Bertz CT molecular complexity index is 1380. The standard InChI is InChI=1S/C24H25N3O6S/c1-24(2,3)13-5-7-15-18(11-13)34-22(19(15)23(29)32-4)26-21(28)16-10-12-9-14(27(30)31)6-8-17(12)33-20(16)25/h6,8-10,13,25H,5,7,11H2,1-4H3,(H,26,28). The van der Waals surface area contributed by atoms with Gasteiger partial charge in [-0.1, -0.05) is 20.8 Å². The number of nitrogens with zero attached hydrogens (tertiary/aromatic N) is 1. The minimum absolute atomic E-state index is 0.0947. The topological polar surface area (TPSA) is 136 Å². The van der Waals surface area contributed by atoms with Crippen molar-refractivity contribution in [3.8, 4) is 0 Å². The molecule has 1 atom stereocenters. The third kappa shape index (κ3) is 4.33. The van der Waals surface area contributed by atoms with E-state index in [4.69, 9.17) is 14.6 Å². The highest BCUT2D eigenvalue weighted by Gasteiger charge is 2.34. The summed E-state index contributed by atoms with van der Waals surface area (Å²) in [6, 6.07) is 5.33. The molecule has 3 aromatic rings. The Balaban J connectivity index is 1.72. The lowest BCUT2D eigenvalue weighted by Crippen LogP contribution is -2.26. The van der Waals surface area contributed by atoms with E-state index in [0.29, 0.717) is 28.3 Å². The SMILES string of the molecule is COC(=O)c1c(NC(=O)c2cc3cc([N+](=O)[O-])ccc3oc2=N)sc2c1CCC(C(C)(C)C)C2. The second-order valence-electron chi connectivity index (χ2n) is 9.43. The predicted octanol–water partition coefficient (Wildman–Crippen LogP) is 5.07. The van der Waals surface area contributed by atoms with Gasteiger partial charge < -0.3 is 14.5 Å². The molecule has 2 aromatic heterocycles. The highest BCUT2D eigenvalue weighted by atomic mass is 32.1. The van der Waals surface area contributed by atoms with Crippen LogP contribution in [0, 0.1) is 26.9 Å². The number of ether oxygens (including phenoxy) is 1. The summed E-state index contributed by atoms with van der Waals surface area (Å²) in [5.74, 6) is -0.715. The van der Waals surface area contributed by atoms with Crippen LogP contribution in [0.5, 0.6) is 0 Å². The highest BCUT2D eigenvalue weighted by Crippen LogP contribution is 2.44. The highest BCUT2D eigenvalue weighted by molar-refractivity contribution is 7.17. The minimum atomic E-state index is -0.640. The van der Waals surface area contributed by atoms with Gasteiger partial charge in [0.05, 0.1) is 17.6 Å². The third-order valence-electron chi connectivity index (χ3n) is 6.31. The Hall–Kier alpha value is -3.53. The van der Waals surface area contributed by atoms with Gasteiger partial charge in [-0.15, -0.1) is 11.3 Å². The van der Waals surface area contributed by atoms with E-state index in [-0.39, 0.29) is 27.8 Å². The van der Waals surface area contributed by atoms with Gasteiger partial charge in [-0.2, -0.15) is 0 Å². The summed E-state index contributed by atoms with van der Waals surface area (Å²) in [4.78, 5) is 37.3. The zero-order valence-electron chi connectivity index (χ0n) is 19.3. The molecule has 0 bridgehead atoms. The van der Waals surface area contributed by atoms with Crippen molar-refractivity contribution in [1.82, 2.24) is 0 Å². The fraction of sp³-hybridized carbons (Fsp3) is 0.375. The molecular formula is C24H25N3O6S. The van der Waals surface area contributed by atoms with Crippen LogP contribution in [-0.2, 0) is 17.6 Å². The summed E-state index contributed by atoms with van der Waals surface area (Å²) in [6.07, 6.45) is 2.46. The molecule has 1 aromatic carbocycles. The van der Waals surface area contributed by atoms with Crippen molar-refractivity contribution in [2.75, 3.05) is 12.4 Å². The van der Waals surface area contributed by atoms with Crippen LogP contribution in [0.25, 0.3) is 11.0 Å². The largest absolute Gasteiger partial charge is 0.465 e. The molecule has 10 heteroatoms. The molecule has 34 heavy (non-hydrogen) atoms. The number of carbonyl (C=O) groups excluding carboxylic acids is 2. The second kappa shape index (κ2) is 8.68. The molecule has 0 aliphatic heterocycles. The quantitative estimate of drug-likeness (QED) is 0.302. The number of carbonyl (C=O) groups is 2. The van der Waals surface area contributed by atoms with Crippen LogP contribution in [0.3, 0.4) is 0 Å². The Morgan fingerprint density at radius 3 is 2.68 bits per heavy atom. The Morgan fingerprint density at radius 2 is 2.03 bits per heavy atom. The first-order valence-corrected chi connectivity index (χ1v) is 11.6. The average molecular weight is 484 g/mol. The molecule has 2 heterocycles. The molecule has 4 rings (SSSR count). The van der Waals surface area contributed by atoms with Gasteiger partial charge in [0, 0.05) is 22.4 Å². The van der Waals surface area contributed by atoms with E-state index in [1.807, 2.05) is 0 Å². The summed E-state index contributed by atoms with van der Waals surface area (Å²) in [5.41, 5.74) is 0.989. The monoisotopic (exact) mass is 483 g/mol. The number of nitrogens with one attached hydrogen (secondary N) is 2. The van der Waals surface area contributed by atoms with Crippen molar-refractivity contribution >= 4 is 44.9 Å². The lowest BCUT2D eigenvalue weighted by molar-refractivity contribution is -0.384. The maximum Gasteiger partial charge on any atom is 0.341 e. The zero-order valence-corrected chi connectivity index (χ0v) is 20.1. The summed E-state index contributed by atoms with van der Waals surface area (Å²) >= 11 is 1.35. The second-order valence-corrected chi connectivity index (χ2v) is 10.5. The number of thiophene rings is 1. The Morgan fingerprint density at radius 1 is 1.29 bits per heavy atom. The Kier molecular flexibility index (Phi) is 6.03. The van der Waals surface area contributed by atoms with Gasteiger partial charge >= 0.3 is 5.97 Å². The molecule has 1 unspecified atom stereocenters. The van der Waals surface area contributed by atoms with Crippen LogP contribution in [0.15, 0.2) is 28.7 Å². The number of rotatable bonds is 4.